The Morgan fingerprint density at radius 1 is 1.17 bits per heavy atom. The fraction of sp³-hybridized carbons (Fsp3) is 0.263. The topological polar surface area (TPSA) is 46.4 Å². The molecule has 0 aliphatic rings. The lowest BCUT2D eigenvalue weighted by Gasteiger charge is -2.23. The number of nitrogens with zero attached hydrogens (tertiary/aromatic N) is 2. The van der Waals surface area contributed by atoms with Crippen molar-refractivity contribution in [1.82, 2.24) is 14.7 Å². The van der Waals surface area contributed by atoms with E-state index < -0.39 is 0 Å². The Bertz CT molecular complexity index is 890. The van der Waals surface area contributed by atoms with Gasteiger partial charge in [-0.1, -0.05) is 55.8 Å². The van der Waals surface area contributed by atoms with Gasteiger partial charge in [-0.2, -0.15) is 0 Å². The summed E-state index contributed by atoms with van der Waals surface area (Å²) < 4.78 is 1.46. The van der Waals surface area contributed by atoms with Crippen LogP contribution in [0.5, 0.6) is 0 Å². The van der Waals surface area contributed by atoms with Crippen LogP contribution in [0.1, 0.15) is 31.1 Å². The molecule has 2 heterocycles. The van der Waals surface area contributed by atoms with E-state index >= 15 is 0 Å². The lowest BCUT2D eigenvalue weighted by Crippen LogP contribution is -2.27. The molecule has 1 unspecified atom stereocenters. The Labute approximate surface area is 146 Å². The molecule has 0 saturated carbocycles. The highest BCUT2D eigenvalue weighted by Gasteiger charge is 2.15. The van der Waals surface area contributed by atoms with Crippen LogP contribution in [-0.2, 0) is 6.54 Å². The fourth-order valence-corrected chi connectivity index (χ4v) is 2.99. The molecular weight excluding hydrogens is 322 g/mol. The van der Waals surface area contributed by atoms with Crippen LogP contribution in [0.25, 0.3) is 5.65 Å². The van der Waals surface area contributed by atoms with Gasteiger partial charge in [0, 0.05) is 24.8 Å². The van der Waals surface area contributed by atoms with Gasteiger partial charge in [-0.3, -0.25) is 9.20 Å². The summed E-state index contributed by atoms with van der Waals surface area (Å²) in [5, 5.41) is 4.03. The van der Waals surface area contributed by atoms with Gasteiger partial charge in [0.2, 0.25) is 0 Å². The minimum Gasteiger partial charge on any atom is -0.304 e. The Balaban J connectivity index is 1.84. The quantitative estimate of drug-likeness (QED) is 0.767. The monoisotopic (exact) mass is 341 g/mol. The number of nitrogens with one attached hydrogen (secondary N) is 1. The third-order valence-electron chi connectivity index (χ3n) is 4.01. The standard InChI is InChI=1S/C19H20ClN3O/c1-13(2)19(14-6-4-3-5-7-14)21-11-16-10-18(24)23-12-15(20)8-9-17(23)22-16/h3-10,12-13,19,21H,11H2,1-2H3. The van der Waals surface area contributed by atoms with Gasteiger partial charge in [-0.05, 0) is 23.6 Å². The van der Waals surface area contributed by atoms with Crippen molar-refractivity contribution in [2.45, 2.75) is 26.4 Å². The molecule has 24 heavy (non-hydrogen) atoms. The Morgan fingerprint density at radius 3 is 2.62 bits per heavy atom. The van der Waals surface area contributed by atoms with Crippen molar-refractivity contribution in [2.24, 2.45) is 5.92 Å². The molecule has 0 aliphatic heterocycles. The predicted molar refractivity (Wildman–Crippen MR) is 97.3 cm³/mol. The van der Waals surface area contributed by atoms with Crippen LogP contribution in [-0.4, -0.2) is 9.38 Å². The first kappa shape index (κ1) is 16.7. The summed E-state index contributed by atoms with van der Waals surface area (Å²) >= 11 is 5.94. The smallest absolute Gasteiger partial charge is 0.258 e. The third kappa shape index (κ3) is 3.66. The first-order valence-electron chi connectivity index (χ1n) is 8.01. The molecule has 5 heteroatoms. The summed E-state index contributed by atoms with van der Waals surface area (Å²) in [5.74, 6) is 0.424. The van der Waals surface area contributed by atoms with Crippen molar-refractivity contribution in [2.75, 3.05) is 0 Å². The fourth-order valence-electron chi connectivity index (χ4n) is 2.83. The number of aromatic nitrogens is 2. The van der Waals surface area contributed by atoms with E-state index in [1.54, 1.807) is 24.4 Å². The molecule has 0 fully saturated rings. The van der Waals surface area contributed by atoms with E-state index in [1.807, 2.05) is 18.2 Å². The van der Waals surface area contributed by atoms with Crippen LogP contribution < -0.4 is 10.9 Å². The number of fused-ring (bicyclic) bond motifs is 1. The second-order valence-corrected chi connectivity index (χ2v) is 6.61. The Hall–Kier alpha value is -2.17. The number of hydrogen-bond acceptors (Lipinski definition) is 3. The van der Waals surface area contributed by atoms with Gasteiger partial charge in [0.05, 0.1) is 10.7 Å². The second-order valence-electron chi connectivity index (χ2n) is 6.17. The predicted octanol–water partition coefficient (Wildman–Crippen LogP) is 3.83. The van der Waals surface area contributed by atoms with E-state index in [0.29, 0.717) is 23.1 Å². The largest absolute Gasteiger partial charge is 0.304 e. The SMILES string of the molecule is CC(C)C(NCc1cc(=O)n2cc(Cl)ccc2n1)c1ccccc1. The maximum Gasteiger partial charge on any atom is 0.258 e. The molecule has 0 bridgehead atoms. The molecule has 4 nitrogen and oxygen atoms in total. The van der Waals surface area contributed by atoms with Crippen LogP contribution in [0.2, 0.25) is 5.02 Å². The molecule has 0 amide bonds. The lowest BCUT2D eigenvalue weighted by molar-refractivity contribution is 0.408. The maximum absolute atomic E-state index is 12.2. The summed E-state index contributed by atoms with van der Waals surface area (Å²) in [7, 11) is 0. The minimum absolute atomic E-state index is 0.125. The molecule has 0 spiro atoms. The van der Waals surface area contributed by atoms with Gasteiger partial charge in [0.25, 0.3) is 5.56 Å². The Morgan fingerprint density at radius 2 is 1.92 bits per heavy atom. The van der Waals surface area contributed by atoms with Gasteiger partial charge in [0.1, 0.15) is 5.65 Å². The van der Waals surface area contributed by atoms with Crippen molar-refractivity contribution in [3.05, 3.63) is 81.4 Å². The van der Waals surface area contributed by atoms with Crippen molar-refractivity contribution >= 4 is 17.2 Å². The molecule has 3 rings (SSSR count). The zero-order valence-corrected chi connectivity index (χ0v) is 14.5. The number of rotatable bonds is 5. The highest BCUT2D eigenvalue weighted by atomic mass is 35.5. The van der Waals surface area contributed by atoms with Gasteiger partial charge < -0.3 is 5.32 Å². The molecule has 1 N–H and O–H groups in total. The van der Waals surface area contributed by atoms with Crippen LogP contribution in [0, 0.1) is 5.92 Å². The Kier molecular flexibility index (Phi) is 4.97. The van der Waals surface area contributed by atoms with Gasteiger partial charge in [0.15, 0.2) is 0 Å². The molecule has 0 saturated heterocycles. The zero-order valence-electron chi connectivity index (χ0n) is 13.7. The molecule has 2 aromatic heterocycles. The minimum atomic E-state index is -0.125. The normalized spacial score (nSPS) is 12.7. The van der Waals surface area contributed by atoms with Gasteiger partial charge in [-0.15, -0.1) is 0 Å². The van der Waals surface area contributed by atoms with Crippen molar-refractivity contribution in [3.63, 3.8) is 0 Å². The van der Waals surface area contributed by atoms with E-state index in [2.05, 4.69) is 36.3 Å². The molecule has 1 atom stereocenters. The molecule has 1 aromatic carbocycles. The number of hydrogen-bond donors (Lipinski definition) is 1. The summed E-state index contributed by atoms with van der Waals surface area (Å²) in [5.41, 5.74) is 2.44. The molecule has 0 radical (unpaired) electrons. The van der Waals surface area contributed by atoms with E-state index in [-0.39, 0.29) is 11.6 Å². The lowest BCUT2D eigenvalue weighted by atomic mass is 9.96. The summed E-state index contributed by atoms with van der Waals surface area (Å²) in [6.07, 6.45) is 1.59. The van der Waals surface area contributed by atoms with Gasteiger partial charge >= 0.3 is 0 Å². The van der Waals surface area contributed by atoms with E-state index in [1.165, 1.54) is 9.96 Å². The molecule has 124 valence electrons. The highest BCUT2D eigenvalue weighted by Crippen LogP contribution is 2.21. The third-order valence-corrected chi connectivity index (χ3v) is 4.23. The average Bonchev–Trinajstić information content (AvgIpc) is 2.56. The first-order valence-corrected chi connectivity index (χ1v) is 8.38. The van der Waals surface area contributed by atoms with E-state index in [0.717, 1.165) is 5.69 Å². The summed E-state index contributed by atoms with van der Waals surface area (Å²) in [6, 6.07) is 15.6. The number of halogens is 1. The van der Waals surface area contributed by atoms with Crippen molar-refractivity contribution in [3.8, 4) is 0 Å². The van der Waals surface area contributed by atoms with Gasteiger partial charge in [-0.25, -0.2) is 4.98 Å². The first-order chi connectivity index (χ1) is 11.5. The molecule has 3 aromatic rings. The highest BCUT2D eigenvalue weighted by molar-refractivity contribution is 6.30. The zero-order chi connectivity index (χ0) is 17.1. The van der Waals surface area contributed by atoms with Crippen LogP contribution in [0.4, 0.5) is 0 Å². The van der Waals surface area contributed by atoms with Crippen molar-refractivity contribution < 1.29 is 0 Å². The number of benzene rings is 1. The second kappa shape index (κ2) is 7.16. The van der Waals surface area contributed by atoms with Crippen molar-refractivity contribution in [1.29, 1.82) is 0 Å². The molecular formula is C19H20ClN3O. The summed E-state index contributed by atoms with van der Waals surface area (Å²) in [6.45, 7) is 4.89. The summed E-state index contributed by atoms with van der Waals surface area (Å²) in [4.78, 5) is 16.8. The van der Waals surface area contributed by atoms with Crippen LogP contribution >= 0.6 is 11.6 Å². The van der Waals surface area contributed by atoms with Crippen LogP contribution in [0.3, 0.4) is 0 Å². The molecule has 0 aliphatic carbocycles. The maximum atomic E-state index is 12.2. The number of pyridine rings is 1. The van der Waals surface area contributed by atoms with Crippen LogP contribution in [0.15, 0.2) is 59.5 Å². The van der Waals surface area contributed by atoms with E-state index in [9.17, 15) is 4.79 Å². The van der Waals surface area contributed by atoms with E-state index in [4.69, 9.17) is 11.6 Å². The average molecular weight is 342 g/mol.